The molecular weight excluding hydrogens is 345 g/mol. The van der Waals surface area contributed by atoms with E-state index in [1.54, 1.807) is 0 Å². The molecule has 0 aromatic heterocycles. The standard InChI is InChI=1S/C14H19ClIN/c1-9-7-14(2,3)8-13(9)17-12-5-4-10(16)6-11(12)15/h4-6,9,13,17H,7-8H2,1-3H3. The zero-order chi connectivity index (χ0) is 12.6. The van der Waals surface area contributed by atoms with E-state index in [0.29, 0.717) is 17.4 Å². The summed E-state index contributed by atoms with van der Waals surface area (Å²) < 4.78 is 1.18. The molecule has 0 radical (unpaired) electrons. The average Bonchev–Trinajstić information content (AvgIpc) is 2.44. The first-order valence-electron chi connectivity index (χ1n) is 6.09. The molecule has 2 unspecified atom stereocenters. The van der Waals surface area contributed by atoms with Gasteiger partial charge in [-0.3, -0.25) is 0 Å². The Kier molecular flexibility index (Phi) is 3.93. The van der Waals surface area contributed by atoms with Crippen LogP contribution in [0, 0.1) is 14.9 Å². The Labute approximate surface area is 122 Å². The smallest absolute Gasteiger partial charge is 0.0648 e. The highest BCUT2D eigenvalue weighted by atomic mass is 127. The Morgan fingerprint density at radius 1 is 1.35 bits per heavy atom. The molecule has 1 N–H and O–H groups in total. The van der Waals surface area contributed by atoms with Crippen LogP contribution in [0.2, 0.25) is 5.02 Å². The van der Waals surface area contributed by atoms with E-state index in [4.69, 9.17) is 11.6 Å². The number of benzene rings is 1. The molecule has 0 amide bonds. The highest BCUT2D eigenvalue weighted by Crippen LogP contribution is 2.42. The van der Waals surface area contributed by atoms with Crippen LogP contribution >= 0.6 is 34.2 Å². The minimum absolute atomic E-state index is 0.451. The summed E-state index contributed by atoms with van der Waals surface area (Å²) in [6.45, 7) is 7.02. The Balaban J connectivity index is 2.11. The van der Waals surface area contributed by atoms with E-state index >= 15 is 0 Å². The predicted molar refractivity (Wildman–Crippen MR) is 83.8 cm³/mol. The zero-order valence-corrected chi connectivity index (χ0v) is 13.5. The second kappa shape index (κ2) is 4.96. The first-order valence-corrected chi connectivity index (χ1v) is 7.55. The summed E-state index contributed by atoms with van der Waals surface area (Å²) >= 11 is 8.54. The van der Waals surface area contributed by atoms with Gasteiger partial charge in [0.25, 0.3) is 0 Å². The van der Waals surface area contributed by atoms with Gasteiger partial charge in [-0.25, -0.2) is 0 Å². The highest BCUT2D eigenvalue weighted by Gasteiger charge is 2.36. The molecule has 0 bridgehead atoms. The summed E-state index contributed by atoms with van der Waals surface area (Å²) in [7, 11) is 0. The number of halogens is 2. The van der Waals surface area contributed by atoms with Crippen molar-refractivity contribution >= 4 is 39.9 Å². The number of hydrogen-bond donors (Lipinski definition) is 1. The number of anilines is 1. The van der Waals surface area contributed by atoms with Crippen molar-refractivity contribution in [3.63, 3.8) is 0 Å². The first-order chi connectivity index (χ1) is 7.87. The van der Waals surface area contributed by atoms with Crippen molar-refractivity contribution in [3.05, 3.63) is 26.8 Å². The Bertz CT molecular complexity index is 417. The van der Waals surface area contributed by atoms with Gasteiger partial charge in [0.05, 0.1) is 10.7 Å². The SMILES string of the molecule is CC1CC(C)(C)CC1Nc1ccc(I)cc1Cl. The van der Waals surface area contributed by atoms with Crippen LogP contribution in [-0.2, 0) is 0 Å². The molecule has 1 nitrogen and oxygen atoms in total. The summed E-state index contributed by atoms with van der Waals surface area (Å²) in [6, 6.07) is 6.74. The quantitative estimate of drug-likeness (QED) is 0.714. The summed E-state index contributed by atoms with van der Waals surface area (Å²) in [4.78, 5) is 0. The van der Waals surface area contributed by atoms with Gasteiger partial charge in [0.1, 0.15) is 0 Å². The minimum atomic E-state index is 0.451. The van der Waals surface area contributed by atoms with Crippen molar-refractivity contribution in [3.8, 4) is 0 Å². The van der Waals surface area contributed by atoms with Crippen molar-refractivity contribution in [2.24, 2.45) is 11.3 Å². The average molecular weight is 364 g/mol. The molecule has 0 saturated heterocycles. The first kappa shape index (κ1) is 13.5. The minimum Gasteiger partial charge on any atom is -0.381 e. The van der Waals surface area contributed by atoms with Gasteiger partial charge >= 0.3 is 0 Å². The molecule has 2 rings (SSSR count). The van der Waals surface area contributed by atoms with E-state index in [1.165, 1.54) is 16.4 Å². The Hall–Kier alpha value is 0.0400. The number of nitrogens with one attached hydrogen (secondary N) is 1. The normalized spacial score (nSPS) is 27.1. The lowest BCUT2D eigenvalue weighted by Crippen LogP contribution is -2.22. The van der Waals surface area contributed by atoms with Gasteiger partial charge in [0.2, 0.25) is 0 Å². The van der Waals surface area contributed by atoms with Crippen LogP contribution in [-0.4, -0.2) is 6.04 Å². The molecule has 0 aliphatic heterocycles. The van der Waals surface area contributed by atoms with Gasteiger partial charge in [-0.15, -0.1) is 0 Å². The maximum atomic E-state index is 6.26. The maximum absolute atomic E-state index is 6.26. The second-order valence-electron chi connectivity index (χ2n) is 5.92. The second-order valence-corrected chi connectivity index (χ2v) is 7.58. The van der Waals surface area contributed by atoms with Crippen LogP contribution in [0.15, 0.2) is 18.2 Å². The van der Waals surface area contributed by atoms with Crippen LogP contribution in [0.5, 0.6) is 0 Å². The van der Waals surface area contributed by atoms with Crippen LogP contribution in [0.3, 0.4) is 0 Å². The fourth-order valence-electron chi connectivity index (χ4n) is 2.89. The summed E-state index contributed by atoms with van der Waals surface area (Å²) in [6.07, 6.45) is 2.50. The van der Waals surface area contributed by atoms with Gasteiger partial charge in [-0.2, -0.15) is 0 Å². The van der Waals surface area contributed by atoms with Crippen LogP contribution in [0.1, 0.15) is 33.6 Å². The lowest BCUT2D eigenvalue weighted by molar-refractivity contribution is 0.366. The molecule has 1 aliphatic rings. The molecule has 2 atom stereocenters. The lowest BCUT2D eigenvalue weighted by Gasteiger charge is -2.20. The zero-order valence-electron chi connectivity index (χ0n) is 10.6. The molecular formula is C14H19ClIN. The van der Waals surface area contributed by atoms with E-state index in [9.17, 15) is 0 Å². The van der Waals surface area contributed by atoms with Gasteiger partial charge < -0.3 is 5.32 Å². The third-order valence-electron chi connectivity index (χ3n) is 3.61. The van der Waals surface area contributed by atoms with Gasteiger partial charge in [-0.05, 0) is 65.0 Å². The maximum Gasteiger partial charge on any atom is 0.0648 e. The van der Waals surface area contributed by atoms with Crippen LogP contribution < -0.4 is 5.32 Å². The monoisotopic (exact) mass is 363 g/mol. The molecule has 1 aromatic carbocycles. The molecule has 0 spiro atoms. The molecule has 0 heterocycles. The molecule has 1 fully saturated rings. The van der Waals surface area contributed by atoms with Gasteiger partial charge in [0.15, 0.2) is 0 Å². The lowest BCUT2D eigenvalue weighted by atomic mass is 9.91. The summed E-state index contributed by atoms with van der Waals surface area (Å²) in [5.41, 5.74) is 1.52. The molecule has 1 saturated carbocycles. The van der Waals surface area contributed by atoms with E-state index in [2.05, 4.69) is 60.8 Å². The molecule has 1 aliphatic carbocycles. The molecule has 1 aromatic rings. The number of hydrogen-bond acceptors (Lipinski definition) is 1. The van der Waals surface area contributed by atoms with E-state index < -0.39 is 0 Å². The van der Waals surface area contributed by atoms with Gasteiger partial charge in [-0.1, -0.05) is 32.4 Å². The molecule has 17 heavy (non-hydrogen) atoms. The summed E-state index contributed by atoms with van der Waals surface area (Å²) in [5.74, 6) is 0.709. The van der Waals surface area contributed by atoms with Crippen LogP contribution in [0.25, 0.3) is 0 Å². The van der Waals surface area contributed by atoms with Crippen LogP contribution in [0.4, 0.5) is 5.69 Å². The molecule has 94 valence electrons. The highest BCUT2D eigenvalue weighted by molar-refractivity contribution is 14.1. The third-order valence-corrected chi connectivity index (χ3v) is 4.59. The van der Waals surface area contributed by atoms with Crippen molar-refractivity contribution in [2.45, 2.75) is 39.7 Å². The van der Waals surface area contributed by atoms with Gasteiger partial charge in [0, 0.05) is 9.61 Å². The summed E-state index contributed by atoms with van der Waals surface area (Å²) in [5, 5.41) is 4.43. The Morgan fingerprint density at radius 3 is 2.59 bits per heavy atom. The third kappa shape index (κ3) is 3.28. The van der Waals surface area contributed by atoms with Crippen molar-refractivity contribution in [1.29, 1.82) is 0 Å². The largest absolute Gasteiger partial charge is 0.381 e. The van der Waals surface area contributed by atoms with Crippen molar-refractivity contribution in [2.75, 3.05) is 5.32 Å². The number of rotatable bonds is 2. The van der Waals surface area contributed by atoms with E-state index in [1.807, 2.05) is 6.07 Å². The Morgan fingerprint density at radius 2 is 2.06 bits per heavy atom. The van der Waals surface area contributed by atoms with E-state index in [0.717, 1.165) is 10.7 Å². The fourth-order valence-corrected chi connectivity index (χ4v) is 3.80. The van der Waals surface area contributed by atoms with Crippen molar-refractivity contribution in [1.82, 2.24) is 0 Å². The predicted octanol–water partition coefficient (Wildman–Crippen LogP) is 5.18. The fraction of sp³-hybridized carbons (Fsp3) is 0.571. The molecule has 3 heteroatoms. The van der Waals surface area contributed by atoms with Crippen molar-refractivity contribution < 1.29 is 0 Å². The van der Waals surface area contributed by atoms with E-state index in [-0.39, 0.29) is 0 Å². The topological polar surface area (TPSA) is 12.0 Å².